The quantitative estimate of drug-likeness (QED) is 0.918. The first-order valence-electron chi connectivity index (χ1n) is 8.57. The molecule has 1 aliphatic heterocycles. The van der Waals surface area contributed by atoms with Gasteiger partial charge >= 0.3 is 0 Å². The summed E-state index contributed by atoms with van der Waals surface area (Å²) in [6.07, 6.45) is 4.35. The fourth-order valence-corrected chi connectivity index (χ4v) is 3.77. The zero-order valence-electron chi connectivity index (χ0n) is 14.4. The Hall–Kier alpha value is -2.16. The Balaban J connectivity index is 1.64. The largest absolute Gasteiger partial charge is 0.312 e. The van der Waals surface area contributed by atoms with Crippen LogP contribution < -0.4 is 5.32 Å². The van der Waals surface area contributed by atoms with Gasteiger partial charge in [-0.2, -0.15) is 10.4 Å². The normalized spacial score (nSPS) is 21.5. The van der Waals surface area contributed by atoms with Crippen LogP contribution in [0.2, 0.25) is 0 Å². The average Bonchev–Trinajstić information content (AvgIpc) is 3.01. The lowest BCUT2D eigenvalue weighted by molar-refractivity contribution is 0.113. The van der Waals surface area contributed by atoms with Gasteiger partial charge < -0.3 is 5.32 Å². The minimum absolute atomic E-state index is 0.407. The van der Waals surface area contributed by atoms with Gasteiger partial charge in [0.05, 0.1) is 23.4 Å². The summed E-state index contributed by atoms with van der Waals surface area (Å²) in [5, 5.41) is 16.9. The molecule has 0 radical (unpaired) electrons. The molecule has 24 heavy (non-hydrogen) atoms. The second-order valence-electron chi connectivity index (χ2n) is 6.65. The molecule has 0 saturated carbocycles. The highest BCUT2D eigenvalue weighted by atomic mass is 15.3. The number of nitrogens with one attached hydrogen (secondary N) is 1. The molecule has 3 rings (SSSR count). The first-order valence-corrected chi connectivity index (χ1v) is 8.57. The molecule has 1 saturated heterocycles. The van der Waals surface area contributed by atoms with Gasteiger partial charge in [-0.05, 0) is 56.1 Å². The van der Waals surface area contributed by atoms with Crippen LogP contribution in [-0.2, 0) is 13.6 Å². The molecular formula is C19H25N5. The lowest BCUT2D eigenvalue weighted by Crippen LogP contribution is -2.41. The Kier molecular flexibility index (Phi) is 5.29. The highest BCUT2D eigenvalue weighted by Gasteiger charge is 2.31. The summed E-state index contributed by atoms with van der Waals surface area (Å²) >= 11 is 0. The second-order valence-corrected chi connectivity index (χ2v) is 6.65. The number of benzene rings is 1. The number of rotatable bonds is 5. The zero-order valence-corrected chi connectivity index (χ0v) is 14.4. The Morgan fingerprint density at radius 3 is 2.96 bits per heavy atom. The first-order chi connectivity index (χ1) is 11.7. The fraction of sp³-hybridized carbons (Fsp3) is 0.474. The van der Waals surface area contributed by atoms with Gasteiger partial charge in [-0.3, -0.25) is 9.58 Å². The SMILES string of the molecule is CN1CCC[C@@H](CNCc2cccc(C#N)c2)[C@@H]1c1ccnn1C. The van der Waals surface area contributed by atoms with Crippen molar-refractivity contribution in [3.8, 4) is 6.07 Å². The van der Waals surface area contributed by atoms with E-state index in [1.165, 1.54) is 18.5 Å². The summed E-state index contributed by atoms with van der Waals surface area (Å²) in [7, 11) is 4.23. The van der Waals surface area contributed by atoms with Gasteiger partial charge in [0.25, 0.3) is 0 Å². The maximum Gasteiger partial charge on any atom is 0.0991 e. The van der Waals surface area contributed by atoms with E-state index in [1.54, 1.807) is 0 Å². The highest BCUT2D eigenvalue weighted by Crippen LogP contribution is 2.34. The van der Waals surface area contributed by atoms with Crippen molar-refractivity contribution in [2.45, 2.75) is 25.4 Å². The molecule has 0 aliphatic carbocycles. The molecule has 2 atom stereocenters. The van der Waals surface area contributed by atoms with Crippen molar-refractivity contribution in [1.29, 1.82) is 5.26 Å². The van der Waals surface area contributed by atoms with Crippen LogP contribution in [0.25, 0.3) is 0 Å². The number of piperidine rings is 1. The Morgan fingerprint density at radius 1 is 1.33 bits per heavy atom. The summed E-state index contributed by atoms with van der Waals surface area (Å²) in [6.45, 7) is 2.90. The van der Waals surface area contributed by atoms with Crippen LogP contribution in [-0.4, -0.2) is 34.8 Å². The third kappa shape index (κ3) is 3.66. The molecular weight excluding hydrogens is 298 g/mol. The molecule has 1 aliphatic rings. The summed E-state index contributed by atoms with van der Waals surface area (Å²) in [5.41, 5.74) is 3.17. The number of aryl methyl sites for hydroxylation is 1. The topological polar surface area (TPSA) is 56.9 Å². The fourth-order valence-electron chi connectivity index (χ4n) is 3.77. The molecule has 2 heterocycles. The first kappa shape index (κ1) is 16.7. The average molecular weight is 323 g/mol. The van der Waals surface area contributed by atoms with Gasteiger partial charge in [-0.15, -0.1) is 0 Å². The Bertz CT molecular complexity index is 715. The summed E-state index contributed by atoms with van der Waals surface area (Å²) in [4.78, 5) is 2.45. The minimum atomic E-state index is 0.407. The molecule has 0 bridgehead atoms. The van der Waals surface area contributed by atoms with Gasteiger partial charge in [0, 0.05) is 26.3 Å². The van der Waals surface area contributed by atoms with Gasteiger partial charge in [-0.25, -0.2) is 0 Å². The molecule has 1 aromatic heterocycles. The van der Waals surface area contributed by atoms with Crippen LogP contribution in [0.5, 0.6) is 0 Å². The predicted molar refractivity (Wildman–Crippen MR) is 94.2 cm³/mol. The Labute approximate surface area is 143 Å². The van der Waals surface area contributed by atoms with Crippen LogP contribution >= 0.6 is 0 Å². The van der Waals surface area contributed by atoms with E-state index in [2.05, 4.69) is 40.6 Å². The number of aromatic nitrogens is 2. The van der Waals surface area contributed by atoms with E-state index in [-0.39, 0.29) is 0 Å². The number of hydrogen-bond donors (Lipinski definition) is 1. The van der Waals surface area contributed by atoms with E-state index >= 15 is 0 Å². The molecule has 1 fully saturated rings. The molecule has 1 aromatic carbocycles. The summed E-state index contributed by atoms with van der Waals surface area (Å²) < 4.78 is 2.00. The van der Waals surface area contributed by atoms with Gasteiger partial charge in [-0.1, -0.05) is 12.1 Å². The van der Waals surface area contributed by atoms with E-state index in [0.29, 0.717) is 12.0 Å². The maximum absolute atomic E-state index is 9.00. The van der Waals surface area contributed by atoms with Crippen molar-refractivity contribution in [3.63, 3.8) is 0 Å². The monoisotopic (exact) mass is 323 g/mol. The van der Waals surface area contributed by atoms with Gasteiger partial charge in [0.15, 0.2) is 0 Å². The van der Waals surface area contributed by atoms with Gasteiger partial charge in [0.2, 0.25) is 0 Å². The van der Waals surface area contributed by atoms with Crippen LogP contribution in [0.4, 0.5) is 0 Å². The molecule has 5 nitrogen and oxygen atoms in total. The van der Waals surface area contributed by atoms with E-state index in [1.807, 2.05) is 36.1 Å². The van der Waals surface area contributed by atoms with Crippen LogP contribution in [0.3, 0.4) is 0 Å². The van der Waals surface area contributed by atoms with Crippen LogP contribution in [0.1, 0.15) is 35.7 Å². The third-order valence-corrected chi connectivity index (χ3v) is 4.96. The minimum Gasteiger partial charge on any atom is -0.312 e. The molecule has 126 valence electrons. The van der Waals surface area contributed by atoms with E-state index in [0.717, 1.165) is 30.8 Å². The molecule has 0 amide bonds. The van der Waals surface area contributed by atoms with Crippen molar-refractivity contribution in [2.75, 3.05) is 20.1 Å². The smallest absolute Gasteiger partial charge is 0.0991 e. The van der Waals surface area contributed by atoms with Crippen molar-refractivity contribution < 1.29 is 0 Å². The predicted octanol–water partition coefficient (Wildman–Crippen LogP) is 2.46. The number of nitrogens with zero attached hydrogens (tertiary/aromatic N) is 4. The number of likely N-dealkylation sites (tertiary alicyclic amines) is 1. The van der Waals surface area contributed by atoms with Crippen LogP contribution in [0, 0.1) is 17.2 Å². The van der Waals surface area contributed by atoms with E-state index < -0.39 is 0 Å². The van der Waals surface area contributed by atoms with E-state index in [9.17, 15) is 0 Å². The standard InChI is InChI=1S/C19H25N5/c1-23-10-4-7-17(19(23)18-8-9-22-24(18)2)14-21-13-16-6-3-5-15(11-16)12-20/h3,5-6,8-9,11,17,19,21H,4,7,10,13-14H2,1-2H3/t17-,19+/m0/s1. The van der Waals surface area contributed by atoms with Crippen molar-refractivity contribution in [1.82, 2.24) is 20.0 Å². The lowest BCUT2D eigenvalue weighted by atomic mass is 9.87. The Morgan fingerprint density at radius 2 is 2.21 bits per heavy atom. The molecule has 0 spiro atoms. The number of hydrogen-bond acceptors (Lipinski definition) is 4. The zero-order chi connectivity index (χ0) is 16.9. The van der Waals surface area contributed by atoms with Crippen molar-refractivity contribution >= 4 is 0 Å². The lowest BCUT2D eigenvalue weighted by Gasteiger charge is -2.39. The van der Waals surface area contributed by atoms with Crippen molar-refractivity contribution in [3.05, 3.63) is 53.3 Å². The molecule has 1 N–H and O–H groups in total. The van der Waals surface area contributed by atoms with Crippen LogP contribution in [0.15, 0.2) is 36.5 Å². The summed E-state index contributed by atoms with van der Waals surface area (Å²) in [5.74, 6) is 0.568. The second kappa shape index (κ2) is 7.61. The molecule has 0 unspecified atom stereocenters. The number of nitriles is 1. The molecule has 5 heteroatoms. The molecule has 2 aromatic rings. The van der Waals surface area contributed by atoms with E-state index in [4.69, 9.17) is 5.26 Å². The third-order valence-electron chi connectivity index (χ3n) is 4.96. The maximum atomic E-state index is 9.00. The highest BCUT2D eigenvalue weighted by molar-refractivity contribution is 5.32. The van der Waals surface area contributed by atoms with Crippen molar-refractivity contribution in [2.24, 2.45) is 13.0 Å². The van der Waals surface area contributed by atoms with Gasteiger partial charge in [0.1, 0.15) is 0 Å². The summed E-state index contributed by atoms with van der Waals surface area (Å²) in [6, 6.07) is 12.6.